The Kier molecular flexibility index (Phi) is 5.44. The standard InChI is InChI=1S/C25H23N3O2/c1-17-12-14-19(15-13-17)23-22(26-24(29)20-9-4-3-5-10-20)25(30)27-28(23)16-21-11-7-6-8-18(21)2/h3-16,22-23H,1-2H3,(H-,26,27,29,30)/p+1/b28-16-/t22-,23+/m0/s1. The molecule has 2 atom stereocenters. The fraction of sp³-hybridized carbons (Fsp3) is 0.160. The summed E-state index contributed by atoms with van der Waals surface area (Å²) >= 11 is 0. The van der Waals surface area contributed by atoms with Crippen molar-refractivity contribution in [3.8, 4) is 0 Å². The van der Waals surface area contributed by atoms with E-state index in [4.69, 9.17) is 0 Å². The normalized spacial score (nSPS) is 19.5. The predicted molar refractivity (Wildman–Crippen MR) is 116 cm³/mol. The number of hydrazone groups is 1. The molecule has 0 unspecified atom stereocenters. The van der Waals surface area contributed by atoms with Crippen LogP contribution in [0.5, 0.6) is 0 Å². The van der Waals surface area contributed by atoms with Gasteiger partial charge in [0.15, 0.2) is 6.04 Å². The maximum atomic E-state index is 12.9. The largest absolute Gasteiger partial charge is 0.334 e. The lowest BCUT2D eigenvalue weighted by atomic mass is 9.98. The van der Waals surface area contributed by atoms with Gasteiger partial charge in [-0.1, -0.05) is 66.2 Å². The number of amides is 2. The van der Waals surface area contributed by atoms with E-state index in [1.807, 2.05) is 74.7 Å². The molecule has 0 aliphatic carbocycles. The van der Waals surface area contributed by atoms with Crippen molar-refractivity contribution in [3.63, 3.8) is 0 Å². The van der Waals surface area contributed by atoms with Crippen molar-refractivity contribution in [2.24, 2.45) is 0 Å². The van der Waals surface area contributed by atoms with Gasteiger partial charge in [-0.3, -0.25) is 9.59 Å². The Labute approximate surface area is 176 Å². The molecule has 1 fully saturated rings. The van der Waals surface area contributed by atoms with Crippen LogP contribution in [0.3, 0.4) is 0 Å². The van der Waals surface area contributed by atoms with Crippen molar-refractivity contribution in [1.29, 1.82) is 0 Å². The van der Waals surface area contributed by atoms with Crippen molar-refractivity contribution in [2.75, 3.05) is 0 Å². The average molecular weight is 398 g/mol. The molecule has 0 saturated carbocycles. The molecular formula is C25H24N3O2+. The van der Waals surface area contributed by atoms with Gasteiger partial charge in [0, 0.05) is 16.7 Å². The number of hydrazine groups is 1. The molecule has 4 rings (SSSR count). The van der Waals surface area contributed by atoms with Crippen LogP contribution in [0.2, 0.25) is 0 Å². The number of nitrogens with zero attached hydrogens (tertiary/aromatic N) is 1. The fourth-order valence-electron chi connectivity index (χ4n) is 3.64. The topological polar surface area (TPSA) is 61.2 Å². The van der Waals surface area contributed by atoms with Crippen LogP contribution in [0.25, 0.3) is 0 Å². The van der Waals surface area contributed by atoms with E-state index in [9.17, 15) is 9.59 Å². The summed E-state index contributed by atoms with van der Waals surface area (Å²) in [5.74, 6) is -0.514. The Morgan fingerprint density at radius 2 is 1.60 bits per heavy atom. The summed E-state index contributed by atoms with van der Waals surface area (Å²) in [4.78, 5) is 25.7. The van der Waals surface area contributed by atoms with E-state index >= 15 is 0 Å². The zero-order chi connectivity index (χ0) is 21.1. The molecule has 2 amide bonds. The van der Waals surface area contributed by atoms with E-state index in [2.05, 4.69) is 10.7 Å². The molecule has 3 aromatic rings. The first-order chi connectivity index (χ1) is 14.5. The molecular weight excluding hydrogens is 374 g/mol. The number of hydrogen-bond donors (Lipinski definition) is 2. The Morgan fingerprint density at radius 3 is 2.30 bits per heavy atom. The van der Waals surface area contributed by atoms with Gasteiger partial charge in [-0.25, -0.2) is 0 Å². The van der Waals surface area contributed by atoms with E-state index in [1.165, 1.54) is 0 Å². The molecule has 30 heavy (non-hydrogen) atoms. The highest BCUT2D eigenvalue weighted by Gasteiger charge is 2.47. The average Bonchev–Trinajstić information content (AvgIpc) is 3.05. The quantitative estimate of drug-likeness (QED) is 0.663. The lowest BCUT2D eigenvalue weighted by molar-refractivity contribution is -0.596. The van der Waals surface area contributed by atoms with Crippen LogP contribution < -0.4 is 10.7 Å². The van der Waals surface area contributed by atoms with Crippen molar-refractivity contribution in [1.82, 2.24) is 10.7 Å². The Morgan fingerprint density at radius 1 is 0.933 bits per heavy atom. The van der Waals surface area contributed by atoms with E-state index < -0.39 is 6.04 Å². The maximum absolute atomic E-state index is 12.9. The van der Waals surface area contributed by atoms with Gasteiger partial charge in [0.1, 0.15) is 0 Å². The first kappa shape index (κ1) is 19.6. The van der Waals surface area contributed by atoms with Gasteiger partial charge >= 0.3 is 5.91 Å². The molecule has 150 valence electrons. The van der Waals surface area contributed by atoms with Gasteiger partial charge in [-0.2, -0.15) is 0 Å². The number of nitrogens with one attached hydrogen (secondary N) is 2. The molecule has 3 aromatic carbocycles. The highest BCUT2D eigenvalue weighted by atomic mass is 16.2. The molecule has 1 aliphatic heterocycles. The number of rotatable bonds is 4. The van der Waals surface area contributed by atoms with Crippen LogP contribution in [0.1, 0.15) is 38.7 Å². The first-order valence-electron chi connectivity index (χ1n) is 9.95. The summed E-state index contributed by atoms with van der Waals surface area (Å²) in [6.07, 6.45) is 1.92. The Bertz CT molecular complexity index is 1100. The minimum absolute atomic E-state index is 0.241. The molecule has 1 saturated heterocycles. The zero-order valence-corrected chi connectivity index (χ0v) is 17.0. The van der Waals surface area contributed by atoms with E-state index in [0.29, 0.717) is 5.56 Å². The molecule has 5 nitrogen and oxygen atoms in total. The summed E-state index contributed by atoms with van der Waals surface area (Å²) < 4.78 is 1.80. The number of carbonyl (C=O) groups excluding carboxylic acids is 2. The minimum Gasteiger partial charge on any atom is -0.334 e. The van der Waals surface area contributed by atoms with Gasteiger partial charge < -0.3 is 5.32 Å². The summed E-state index contributed by atoms with van der Waals surface area (Å²) in [6, 6.07) is 23.9. The van der Waals surface area contributed by atoms with Crippen LogP contribution in [-0.4, -0.2) is 28.8 Å². The number of aryl methyl sites for hydroxylation is 2. The molecule has 2 N–H and O–H groups in total. The molecule has 0 bridgehead atoms. The Balaban J connectivity index is 1.73. The molecule has 0 aromatic heterocycles. The molecule has 5 heteroatoms. The van der Waals surface area contributed by atoms with Crippen molar-refractivity contribution in [2.45, 2.75) is 25.9 Å². The number of carbonyl (C=O) groups is 2. The molecule has 0 spiro atoms. The SMILES string of the molecule is Cc1ccc([C@@H]2[C@H](NC(=O)c3ccccc3)C(=O)N/[N+]2=C\c2ccccc2C)cc1. The van der Waals surface area contributed by atoms with Crippen LogP contribution >= 0.6 is 0 Å². The summed E-state index contributed by atoms with van der Waals surface area (Å²) in [7, 11) is 0. The maximum Gasteiger partial charge on any atom is 0.304 e. The van der Waals surface area contributed by atoms with Crippen molar-refractivity contribution >= 4 is 18.0 Å². The first-order valence-corrected chi connectivity index (χ1v) is 9.95. The lowest BCUT2D eigenvalue weighted by Crippen LogP contribution is -2.42. The zero-order valence-electron chi connectivity index (χ0n) is 17.0. The fourth-order valence-corrected chi connectivity index (χ4v) is 3.64. The van der Waals surface area contributed by atoms with E-state index in [1.54, 1.807) is 28.9 Å². The van der Waals surface area contributed by atoms with Crippen molar-refractivity contribution < 1.29 is 14.3 Å². The van der Waals surface area contributed by atoms with Crippen LogP contribution in [0, 0.1) is 13.8 Å². The second-order valence-corrected chi connectivity index (χ2v) is 7.54. The monoisotopic (exact) mass is 398 g/mol. The second-order valence-electron chi connectivity index (χ2n) is 7.54. The van der Waals surface area contributed by atoms with Crippen LogP contribution in [0.4, 0.5) is 0 Å². The van der Waals surface area contributed by atoms with Gasteiger partial charge in [-0.05, 0) is 37.6 Å². The van der Waals surface area contributed by atoms with E-state index in [0.717, 1.165) is 22.3 Å². The highest BCUT2D eigenvalue weighted by molar-refractivity contribution is 5.98. The van der Waals surface area contributed by atoms with E-state index in [-0.39, 0.29) is 17.9 Å². The van der Waals surface area contributed by atoms with Crippen LogP contribution in [0.15, 0.2) is 78.9 Å². The second kappa shape index (κ2) is 8.33. The summed E-state index contributed by atoms with van der Waals surface area (Å²) in [6.45, 7) is 4.05. The van der Waals surface area contributed by atoms with Crippen LogP contribution in [-0.2, 0) is 4.79 Å². The van der Waals surface area contributed by atoms with Crippen molar-refractivity contribution in [3.05, 3.63) is 107 Å². The van der Waals surface area contributed by atoms with Gasteiger partial charge in [-0.15, -0.1) is 10.1 Å². The number of benzene rings is 3. The third-order valence-corrected chi connectivity index (χ3v) is 5.35. The molecule has 0 radical (unpaired) electrons. The summed E-state index contributed by atoms with van der Waals surface area (Å²) in [5.41, 5.74) is 7.63. The van der Waals surface area contributed by atoms with Gasteiger partial charge in [0.05, 0.1) is 0 Å². The lowest BCUT2D eigenvalue weighted by Gasteiger charge is -2.15. The highest BCUT2D eigenvalue weighted by Crippen LogP contribution is 2.26. The van der Waals surface area contributed by atoms with Gasteiger partial charge in [0.25, 0.3) is 5.91 Å². The third-order valence-electron chi connectivity index (χ3n) is 5.35. The minimum atomic E-state index is -0.722. The number of hydrogen-bond acceptors (Lipinski definition) is 2. The smallest absolute Gasteiger partial charge is 0.304 e. The summed E-state index contributed by atoms with van der Waals surface area (Å²) in [5, 5.41) is 2.93. The molecule has 1 heterocycles. The van der Waals surface area contributed by atoms with Gasteiger partial charge in [0.2, 0.25) is 12.3 Å². The Hall–Kier alpha value is -3.73. The molecule has 1 aliphatic rings. The third kappa shape index (κ3) is 4.01. The predicted octanol–water partition coefficient (Wildman–Crippen LogP) is 3.32.